The van der Waals surface area contributed by atoms with Gasteiger partial charge in [0, 0.05) is 25.7 Å². The second-order valence-electron chi connectivity index (χ2n) is 7.34. The Labute approximate surface area is 170 Å². The number of hydrogen-bond acceptors (Lipinski definition) is 4. The quantitative estimate of drug-likeness (QED) is 0.833. The molecule has 29 heavy (non-hydrogen) atoms. The number of amidine groups is 1. The Kier molecular flexibility index (Phi) is 5.27. The molecule has 0 saturated carbocycles. The van der Waals surface area contributed by atoms with Gasteiger partial charge in [0.05, 0.1) is 10.8 Å². The molecular formula is C21H23N3O4S. The van der Waals surface area contributed by atoms with Gasteiger partial charge in [-0.3, -0.25) is 4.79 Å². The summed E-state index contributed by atoms with van der Waals surface area (Å²) in [5.74, 6) is 0.959. The lowest BCUT2D eigenvalue weighted by Crippen LogP contribution is -2.32. The number of ether oxygens (including phenoxy) is 1. The second kappa shape index (κ2) is 7.87. The fraction of sp³-hybridized carbons (Fsp3) is 0.333. The molecule has 1 N–H and O–H groups in total. The second-order valence-corrected chi connectivity index (χ2v) is 8.95. The van der Waals surface area contributed by atoms with E-state index in [1.165, 1.54) is 12.1 Å². The molecule has 0 spiro atoms. The van der Waals surface area contributed by atoms with E-state index in [2.05, 4.69) is 9.71 Å². The number of fused-ring (bicyclic) bond motifs is 1. The summed E-state index contributed by atoms with van der Waals surface area (Å²) in [7, 11) is -1.92. The number of sulfonamides is 1. The Morgan fingerprint density at radius 2 is 1.93 bits per heavy atom. The Bertz CT molecular complexity index is 1050. The van der Waals surface area contributed by atoms with Gasteiger partial charge in [0.15, 0.2) is 0 Å². The van der Waals surface area contributed by atoms with Crippen molar-refractivity contribution in [1.82, 2.24) is 4.90 Å². The lowest BCUT2D eigenvalue weighted by Gasteiger charge is -2.24. The summed E-state index contributed by atoms with van der Waals surface area (Å²) in [6, 6.07) is 13.8. The topological polar surface area (TPSA) is 88.1 Å². The molecule has 2 aliphatic heterocycles. The number of carbonyl (C=O) groups excluding carboxylic acids is 1. The number of benzene rings is 2. The molecule has 1 fully saturated rings. The van der Waals surface area contributed by atoms with Crippen molar-refractivity contribution >= 4 is 27.5 Å². The van der Waals surface area contributed by atoms with Crippen molar-refractivity contribution < 1.29 is 17.9 Å². The summed E-state index contributed by atoms with van der Waals surface area (Å²) in [5, 5.41) is 2.84. The molecule has 0 aromatic heterocycles. The Balaban J connectivity index is 1.43. The van der Waals surface area contributed by atoms with Crippen LogP contribution in [0.15, 0.2) is 57.8 Å². The van der Waals surface area contributed by atoms with Crippen LogP contribution in [0.5, 0.6) is 5.75 Å². The van der Waals surface area contributed by atoms with Crippen molar-refractivity contribution in [2.45, 2.75) is 24.2 Å². The fourth-order valence-corrected chi connectivity index (χ4v) is 4.65. The summed E-state index contributed by atoms with van der Waals surface area (Å²) in [4.78, 5) is 14.6. The molecule has 2 heterocycles. The van der Waals surface area contributed by atoms with Crippen LogP contribution in [0.1, 0.15) is 18.4 Å². The molecule has 0 radical (unpaired) electrons. The third-order valence-electron chi connectivity index (χ3n) is 5.23. The van der Waals surface area contributed by atoms with Crippen LogP contribution in [0.2, 0.25) is 0 Å². The molecule has 2 aromatic rings. The van der Waals surface area contributed by atoms with E-state index in [1.807, 2.05) is 36.2 Å². The standard InChI is InChI=1S/C21H23N3O4S/c1-24-12-4-7-20(24)23-29(26,27)18-10-8-17(9-11-18)22-21(25)16-13-15-5-2-3-6-19(15)28-14-16/h2-3,5-6,8-11,16H,4,7,12-14H2,1H3,(H,22,25)/b23-20-. The Morgan fingerprint density at radius 3 is 2.66 bits per heavy atom. The highest BCUT2D eigenvalue weighted by atomic mass is 32.2. The number of hydrogen-bond donors (Lipinski definition) is 1. The molecule has 2 aromatic carbocycles. The maximum absolute atomic E-state index is 12.6. The summed E-state index contributed by atoms with van der Waals surface area (Å²) in [6.07, 6.45) is 2.18. The third-order valence-corrected chi connectivity index (χ3v) is 6.55. The minimum absolute atomic E-state index is 0.109. The van der Waals surface area contributed by atoms with Crippen molar-refractivity contribution in [3.05, 3.63) is 54.1 Å². The number of para-hydroxylation sites is 1. The van der Waals surface area contributed by atoms with Crippen LogP contribution in [-0.4, -0.2) is 45.3 Å². The van der Waals surface area contributed by atoms with Crippen LogP contribution in [0.25, 0.3) is 0 Å². The maximum Gasteiger partial charge on any atom is 0.283 e. The Hall–Kier alpha value is -2.87. The molecule has 7 nitrogen and oxygen atoms in total. The van der Waals surface area contributed by atoms with Gasteiger partial charge in [-0.1, -0.05) is 18.2 Å². The first-order valence-corrected chi connectivity index (χ1v) is 11.0. The normalized spacial score (nSPS) is 20.2. The number of anilines is 1. The van der Waals surface area contributed by atoms with Crippen LogP contribution < -0.4 is 10.1 Å². The van der Waals surface area contributed by atoms with Crippen molar-refractivity contribution in [1.29, 1.82) is 0 Å². The monoisotopic (exact) mass is 413 g/mol. The van der Waals surface area contributed by atoms with Crippen molar-refractivity contribution in [2.75, 3.05) is 25.5 Å². The molecular weight excluding hydrogens is 390 g/mol. The van der Waals surface area contributed by atoms with Crippen LogP contribution in [0, 0.1) is 5.92 Å². The molecule has 1 atom stereocenters. The highest BCUT2D eigenvalue weighted by Gasteiger charge is 2.26. The number of likely N-dealkylation sites (tertiary alicyclic amines) is 1. The smallest absolute Gasteiger partial charge is 0.283 e. The molecule has 152 valence electrons. The van der Waals surface area contributed by atoms with Gasteiger partial charge >= 0.3 is 0 Å². The average Bonchev–Trinajstić information content (AvgIpc) is 3.12. The molecule has 0 bridgehead atoms. The lowest BCUT2D eigenvalue weighted by atomic mass is 9.96. The van der Waals surface area contributed by atoms with Crippen molar-refractivity contribution in [3.8, 4) is 5.75 Å². The van der Waals surface area contributed by atoms with Gasteiger partial charge in [-0.2, -0.15) is 8.42 Å². The van der Waals surface area contributed by atoms with E-state index in [-0.39, 0.29) is 16.7 Å². The van der Waals surface area contributed by atoms with E-state index in [9.17, 15) is 13.2 Å². The number of amides is 1. The maximum atomic E-state index is 12.6. The van der Waals surface area contributed by atoms with Gasteiger partial charge in [0.1, 0.15) is 18.2 Å². The fourth-order valence-electron chi connectivity index (χ4n) is 3.55. The van der Waals surface area contributed by atoms with Crippen LogP contribution >= 0.6 is 0 Å². The van der Waals surface area contributed by atoms with Crippen LogP contribution in [0.4, 0.5) is 5.69 Å². The summed E-state index contributed by atoms with van der Waals surface area (Å²) < 4.78 is 34.7. The SMILES string of the molecule is CN1CCC/C1=N/S(=O)(=O)c1ccc(NC(=O)C2COc3ccccc3C2)cc1. The number of rotatable bonds is 4. The van der Waals surface area contributed by atoms with Gasteiger partial charge in [-0.05, 0) is 48.7 Å². The van der Waals surface area contributed by atoms with E-state index in [0.717, 1.165) is 24.3 Å². The first-order valence-electron chi connectivity index (χ1n) is 9.59. The first kappa shape index (κ1) is 19.4. The average molecular weight is 413 g/mol. The van der Waals surface area contributed by atoms with E-state index < -0.39 is 10.0 Å². The zero-order valence-electron chi connectivity index (χ0n) is 16.2. The van der Waals surface area contributed by atoms with E-state index in [1.54, 1.807) is 12.1 Å². The predicted molar refractivity (Wildman–Crippen MR) is 111 cm³/mol. The number of carbonyl (C=O) groups is 1. The lowest BCUT2D eigenvalue weighted by molar-refractivity contribution is -0.121. The third kappa shape index (κ3) is 4.27. The molecule has 0 aliphatic carbocycles. The van der Waals surface area contributed by atoms with Gasteiger partial charge in [0.25, 0.3) is 10.0 Å². The van der Waals surface area contributed by atoms with Crippen LogP contribution in [-0.2, 0) is 21.2 Å². The van der Waals surface area contributed by atoms with Gasteiger partial charge in [-0.25, -0.2) is 0 Å². The van der Waals surface area contributed by atoms with E-state index >= 15 is 0 Å². The zero-order chi connectivity index (χ0) is 20.4. The minimum Gasteiger partial charge on any atom is -0.492 e. The largest absolute Gasteiger partial charge is 0.492 e. The van der Waals surface area contributed by atoms with Crippen LogP contribution in [0.3, 0.4) is 0 Å². The van der Waals surface area contributed by atoms with E-state index in [0.29, 0.717) is 31.0 Å². The highest BCUT2D eigenvalue weighted by Crippen LogP contribution is 2.27. The first-order chi connectivity index (χ1) is 13.9. The molecule has 2 aliphatic rings. The number of nitrogens with zero attached hydrogens (tertiary/aromatic N) is 2. The Morgan fingerprint density at radius 1 is 1.17 bits per heavy atom. The van der Waals surface area contributed by atoms with Crippen molar-refractivity contribution in [2.24, 2.45) is 10.3 Å². The van der Waals surface area contributed by atoms with E-state index in [4.69, 9.17) is 4.74 Å². The van der Waals surface area contributed by atoms with Gasteiger partial charge < -0.3 is 15.0 Å². The predicted octanol–water partition coefficient (Wildman–Crippen LogP) is 2.69. The molecule has 1 unspecified atom stereocenters. The van der Waals surface area contributed by atoms with Gasteiger partial charge in [0.2, 0.25) is 5.91 Å². The number of nitrogens with one attached hydrogen (secondary N) is 1. The summed E-state index contributed by atoms with van der Waals surface area (Å²) >= 11 is 0. The zero-order valence-corrected chi connectivity index (χ0v) is 17.0. The molecule has 8 heteroatoms. The van der Waals surface area contributed by atoms with Crippen molar-refractivity contribution in [3.63, 3.8) is 0 Å². The molecule has 1 saturated heterocycles. The summed E-state index contributed by atoms with van der Waals surface area (Å²) in [5.41, 5.74) is 1.55. The minimum atomic E-state index is -3.76. The molecule has 1 amide bonds. The molecule has 4 rings (SSSR count). The van der Waals surface area contributed by atoms with Gasteiger partial charge in [-0.15, -0.1) is 4.40 Å². The summed E-state index contributed by atoms with van der Waals surface area (Å²) in [6.45, 7) is 1.13. The highest BCUT2D eigenvalue weighted by molar-refractivity contribution is 7.90.